The monoisotopic (exact) mass is 364 g/mol. The Morgan fingerprint density at radius 3 is 2.79 bits per heavy atom. The highest BCUT2D eigenvalue weighted by atomic mass is 35.5. The number of nitrogens with zero attached hydrogens (tertiary/aromatic N) is 3. The van der Waals surface area contributed by atoms with Crippen LogP contribution in [0.2, 0.25) is 10.0 Å². The molecular formula is C16H14Cl2N4O2. The first-order valence-electron chi connectivity index (χ1n) is 7.15. The minimum atomic E-state index is -0.278. The second-order valence-electron chi connectivity index (χ2n) is 5.20. The fourth-order valence-electron chi connectivity index (χ4n) is 2.11. The van der Waals surface area contributed by atoms with Gasteiger partial charge < -0.3 is 9.73 Å². The molecule has 0 aliphatic carbocycles. The molecule has 1 amide bonds. The van der Waals surface area contributed by atoms with Gasteiger partial charge in [0.1, 0.15) is 5.76 Å². The molecule has 0 unspecified atom stereocenters. The van der Waals surface area contributed by atoms with Crippen molar-refractivity contribution in [3.8, 4) is 5.69 Å². The van der Waals surface area contributed by atoms with Gasteiger partial charge in [-0.1, -0.05) is 23.2 Å². The van der Waals surface area contributed by atoms with Gasteiger partial charge in [-0.05, 0) is 32.0 Å². The maximum Gasteiger partial charge on any atom is 0.254 e. The van der Waals surface area contributed by atoms with Crippen LogP contribution in [0.5, 0.6) is 0 Å². The molecule has 0 saturated heterocycles. The van der Waals surface area contributed by atoms with Crippen molar-refractivity contribution in [2.45, 2.75) is 20.4 Å². The van der Waals surface area contributed by atoms with Crippen LogP contribution >= 0.6 is 23.2 Å². The molecule has 2 heterocycles. The summed E-state index contributed by atoms with van der Waals surface area (Å²) in [4.78, 5) is 16.4. The van der Waals surface area contributed by atoms with E-state index in [-0.39, 0.29) is 12.5 Å². The van der Waals surface area contributed by atoms with E-state index in [1.165, 1.54) is 10.9 Å². The SMILES string of the molecule is Cc1nc(CNC(=O)c2cnn(-c3ccc(Cl)cc3Cl)c2)oc1C. The number of oxazole rings is 1. The number of carbonyl (C=O) groups excluding carboxylic acids is 1. The molecular weight excluding hydrogens is 351 g/mol. The number of nitrogens with one attached hydrogen (secondary N) is 1. The predicted octanol–water partition coefficient (Wildman–Crippen LogP) is 3.71. The Labute approximate surface area is 148 Å². The van der Waals surface area contributed by atoms with Gasteiger partial charge in [-0.3, -0.25) is 4.79 Å². The van der Waals surface area contributed by atoms with Gasteiger partial charge in [-0.2, -0.15) is 5.10 Å². The lowest BCUT2D eigenvalue weighted by Crippen LogP contribution is -2.22. The van der Waals surface area contributed by atoms with Crippen LogP contribution < -0.4 is 5.32 Å². The maximum absolute atomic E-state index is 12.2. The van der Waals surface area contributed by atoms with Gasteiger partial charge in [-0.15, -0.1) is 0 Å². The van der Waals surface area contributed by atoms with Crippen molar-refractivity contribution in [2.24, 2.45) is 0 Å². The molecule has 0 aliphatic rings. The number of aryl methyl sites for hydroxylation is 2. The molecule has 0 radical (unpaired) electrons. The zero-order valence-electron chi connectivity index (χ0n) is 13.0. The van der Waals surface area contributed by atoms with E-state index in [2.05, 4.69) is 15.4 Å². The Kier molecular flexibility index (Phi) is 4.59. The quantitative estimate of drug-likeness (QED) is 0.765. The highest BCUT2D eigenvalue weighted by Gasteiger charge is 2.13. The standard InChI is InChI=1S/C16H14Cl2N4O2/c1-9-10(2)24-15(21-9)7-19-16(23)11-6-20-22(8-11)14-4-3-12(17)5-13(14)18/h3-6,8H,7H2,1-2H3,(H,19,23). The number of hydrogen-bond acceptors (Lipinski definition) is 4. The smallest absolute Gasteiger partial charge is 0.254 e. The highest BCUT2D eigenvalue weighted by molar-refractivity contribution is 6.35. The fraction of sp³-hybridized carbons (Fsp3) is 0.188. The van der Waals surface area contributed by atoms with E-state index in [1.807, 2.05) is 13.8 Å². The minimum Gasteiger partial charge on any atom is -0.444 e. The first kappa shape index (κ1) is 16.5. The summed E-state index contributed by atoms with van der Waals surface area (Å²) < 4.78 is 6.95. The van der Waals surface area contributed by atoms with E-state index in [1.54, 1.807) is 24.4 Å². The molecule has 24 heavy (non-hydrogen) atoms. The predicted molar refractivity (Wildman–Crippen MR) is 90.7 cm³/mol. The number of amides is 1. The zero-order valence-corrected chi connectivity index (χ0v) is 14.5. The van der Waals surface area contributed by atoms with E-state index in [9.17, 15) is 4.79 Å². The number of halogens is 2. The van der Waals surface area contributed by atoms with Crippen molar-refractivity contribution in [1.82, 2.24) is 20.1 Å². The van der Waals surface area contributed by atoms with Crippen LogP contribution in [0, 0.1) is 13.8 Å². The molecule has 124 valence electrons. The molecule has 0 bridgehead atoms. The van der Waals surface area contributed by atoms with Crippen LogP contribution in [0.25, 0.3) is 5.69 Å². The largest absolute Gasteiger partial charge is 0.444 e. The summed E-state index contributed by atoms with van der Waals surface area (Å²) in [6.45, 7) is 3.89. The third-order valence-corrected chi connectivity index (χ3v) is 4.01. The van der Waals surface area contributed by atoms with E-state index in [4.69, 9.17) is 27.6 Å². The summed E-state index contributed by atoms with van der Waals surface area (Å²) in [5.41, 5.74) is 1.85. The highest BCUT2D eigenvalue weighted by Crippen LogP contribution is 2.24. The molecule has 0 fully saturated rings. The van der Waals surface area contributed by atoms with Crippen LogP contribution in [0.4, 0.5) is 0 Å². The van der Waals surface area contributed by atoms with Gasteiger partial charge in [-0.25, -0.2) is 9.67 Å². The lowest BCUT2D eigenvalue weighted by atomic mass is 10.3. The number of carbonyl (C=O) groups is 1. The van der Waals surface area contributed by atoms with E-state index in [0.29, 0.717) is 27.2 Å². The van der Waals surface area contributed by atoms with E-state index >= 15 is 0 Å². The summed E-state index contributed by atoms with van der Waals surface area (Å²) in [6.07, 6.45) is 3.06. The topological polar surface area (TPSA) is 73.0 Å². The van der Waals surface area contributed by atoms with Crippen LogP contribution in [0.15, 0.2) is 35.0 Å². The number of hydrogen-bond donors (Lipinski definition) is 1. The number of aromatic nitrogens is 3. The molecule has 0 aliphatic heterocycles. The van der Waals surface area contributed by atoms with E-state index in [0.717, 1.165) is 11.5 Å². The fourth-order valence-corrected chi connectivity index (χ4v) is 2.61. The van der Waals surface area contributed by atoms with Gasteiger partial charge in [0.15, 0.2) is 0 Å². The number of benzene rings is 1. The lowest BCUT2D eigenvalue weighted by molar-refractivity contribution is 0.0947. The molecule has 3 aromatic rings. The average Bonchev–Trinajstić information content (AvgIpc) is 3.13. The molecule has 0 saturated carbocycles. The third-order valence-electron chi connectivity index (χ3n) is 3.47. The Morgan fingerprint density at radius 1 is 1.33 bits per heavy atom. The Bertz CT molecular complexity index is 882. The molecule has 6 nitrogen and oxygen atoms in total. The van der Waals surface area contributed by atoms with Crippen molar-refractivity contribution in [2.75, 3.05) is 0 Å². The molecule has 0 spiro atoms. The van der Waals surface area contributed by atoms with Crippen LogP contribution in [0.1, 0.15) is 27.7 Å². The minimum absolute atomic E-state index is 0.209. The third kappa shape index (κ3) is 3.44. The van der Waals surface area contributed by atoms with Crippen molar-refractivity contribution >= 4 is 29.1 Å². The van der Waals surface area contributed by atoms with Crippen molar-refractivity contribution in [1.29, 1.82) is 0 Å². The van der Waals surface area contributed by atoms with Crippen LogP contribution in [-0.2, 0) is 6.54 Å². The van der Waals surface area contributed by atoms with Gasteiger partial charge >= 0.3 is 0 Å². The summed E-state index contributed by atoms with van der Waals surface area (Å²) in [7, 11) is 0. The van der Waals surface area contributed by atoms with E-state index < -0.39 is 0 Å². The first-order chi connectivity index (χ1) is 11.4. The average molecular weight is 365 g/mol. The summed E-state index contributed by atoms with van der Waals surface area (Å²) in [6, 6.07) is 5.06. The molecule has 1 aromatic carbocycles. The molecule has 0 atom stereocenters. The van der Waals surface area contributed by atoms with Crippen LogP contribution in [0.3, 0.4) is 0 Å². The van der Waals surface area contributed by atoms with Gasteiger partial charge in [0.05, 0.1) is 34.7 Å². The normalized spacial score (nSPS) is 10.8. The van der Waals surface area contributed by atoms with Gasteiger partial charge in [0.2, 0.25) is 5.89 Å². The molecule has 2 aromatic heterocycles. The molecule has 3 rings (SSSR count). The molecule has 8 heteroatoms. The van der Waals surface area contributed by atoms with Gasteiger partial charge in [0, 0.05) is 11.2 Å². The lowest BCUT2D eigenvalue weighted by Gasteiger charge is -2.04. The van der Waals surface area contributed by atoms with Crippen molar-refractivity contribution in [3.63, 3.8) is 0 Å². The molecule has 1 N–H and O–H groups in total. The van der Waals surface area contributed by atoms with Gasteiger partial charge in [0.25, 0.3) is 5.91 Å². The Morgan fingerprint density at radius 2 is 2.12 bits per heavy atom. The summed E-state index contributed by atoms with van der Waals surface area (Å²) in [5, 5.41) is 7.88. The summed E-state index contributed by atoms with van der Waals surface area (Å²) in [5.74, 6) is 0.927. The second kappa shape index (κ2) is 6.67. The van der Waals surface area contributed by atoms with Crippen molar-refractivity contribution < 1.29 is 9.21 Å². The number of rotatable bonds is 4. The first-order valence-corrected chi connectivity index (χ1v) is 7.91. The van der Waals surface area contributed by atoms with Crippen LogP contribution in [-0.4, -0.2) is 20.7 Å². The second-order valence-corrected chi connectivity index (χ2v) is 6.04. The Hall–Kier alpha value is -2.31. The zero-order chi connectivity index (χ0) is 17.3. The maximum atomic E-state index is 12.2. The Balaban J connectivity index is 1.71. The summed E-state index contributed by atoms with van der Waals surface area (Å²) >= 11 is 12.0. The van der Waals surface area contributed by atoms with Crippen molar-refractivity contribution in [3.05, 3.63) is 63.5 Å².